The van der Waals surface area contributed by atoms with Gasteiger partial charge in [0.2, 0.25) is 0 Å². The molecule has 0 rings (SSSR count). The highest BCUT2D eigenvalue weighted by Gasteiger charge is 1.97. The van der Waals surface area contributed by atoms with Gasteiger partial charge in [0, 0.05) is 16.8 Å². The van der Waals surface area contributed by atoms with Gasteiger partial charge in [0.1, 0.15) is 0 Å². The minimum atomic E-state index is 0.419. The van der Waals surface area contributed by atoms with Crippen molar-refractivity contribution in [2.24, 2.45) is 4.99 Å². The van der Waals surface area contributed by atoms with Crippen LogP contribution >= 0.6 is 11.6 Å². The zero-order valence-corrected chi connectivity index (χ0v) is 9.86. The van der Waals surface area contributed by atoms with Crippen molar-refractivity contribution in [2.45, 2.75) is 53.0 Å². The first-order valence-electron chi connectivity index (χ1n) is 5.00. The lowest BCUT2D eigenvalue weighted by Gasteiger charge is -2.04. The maximum Gasteiger partial charge on any atom is 0.0474 e. The molecule has 0 aromatic heterocycles. The van der Waals surface area contributed by atoms with Crippen LogP contribution in [0.2, 0.25) is 0 Å². The first-order valence-corrected chi connectivity index (χ1v) is 5.38. The molecule has 0 amide bonds. The van der Waals surface area contributed by atoms with Crippen molar-refractivity contribution >= 4 is 17.3 Å². The fraction of sp³-hybridized carbons (Fsp3) is 0.727. The summed E-state index contributed by atoms with van der Waals surface area (Å²) >= 11 is 5.90. The number of rotatable bonds is 5. The standard InChI is InChI=1S/C11H20ClN/c1-5-7-9(3)13-10(4)8-11(12)6-2/h8-9H,5-7H2,1-4H3/b11-8+,13-10-. The molecule has 76 valence electrons. The topological polar surface area (TPSA) is 12.4 Å². The van der Waals surface area contributed by atoms with Crippen LogP contribution in [-0.4, -0.2) is 11.8 Å². The van der Waals surface area contributed by atoms with Crippen LogP contribution in [0, 0.1) is 0 Å². The predicted octanol–water partition coefficient (Wildman–Crippen LogP) is 4.17. The summed E-state index contributed by atoms with van der Waals surface area (Å²) in [5, 5.41) is 0.880. The van der Waals surface area contributed by atoms with Crippen LogP contribution in [0.25, 0.3) is 0 Å². The minimum absolute atomic E-state index is 0.419. The third-order valence-electron chi connectivity index (χ3n) is 1.83. The van der Waals surface area contributed by atoms with Crippen molar-refractivity contribution in [3.8, 4) is 0 Å². The molecule has 0 heterocycles. The zero-order valence-electron chi connectivity index (χ0n) is 9.10. The maximum absolute atomic E-state index is 5.90. The lowest BCUT2D eigenvalue weighted by molar-refractivity contribution is 0.655. The minimum Gasteiger partial charge on any atom is -0.287 e. The molecule has 13 heavy (non-hydrogen) atoms. The quantitative estimate of drug-likeness (QED) is 0.593. The van der Waals surface area contributed by atoms with Gasteiger partial charge in [0.15, 0.2) is 0 Å². The molecular weight excluding hydrogens is 182 g/mol. The summed E-state index contributed by atoms with van der Waals surface area (Å²) in [6.45, 7) is 8.36. The van der Waals surface area contributed by atoms with E-state index in [-0.39, 0.29) is 0 Å². The predicted molar refractivity (Wildman–Crippen MR) is 61.7 cm³/mol. The van der Waals surface area contributed by atoms with Crippen LogP contribution in [0.5, 0.6) is 0 Å². The number of nitrogens with zero attached hydrogens (tertiary/aromatic N) is 1. The van der Waals surface area contributed by atoms with Gasteiger partial charge in [-0.2, -0.15) is 0 Å². The number of hydrogen-bond acceptors (Lipinski definition) is 1. The average molecular weight is 202 g/mol. The Labute approximate surface area is 86.9 Å². The summed E-state index contributed by atoms with van der Waals surface area (Å²) in [6.07, 6.45) is 5.17. The third kappa shape index (κ3) is 6.83. The molecule has 0 aromatic rings. The molecule has 0 saturated heterocycles. The number of allylic oxidation sites excluding steroid dienone is 2. The second-order valence-electron chi connectivity index (χ2n) is 3.35. The molecule has 1 unspecified atom stereocenters. The van der Waals surface area contributed by atoms with Crippen LogP contribution in [0.3, 0.4) is 0 Å². The summed E-state index contributed by atoms with van der Waals surface area (Å²) in [7, 11) is 0. The van der Waals surface area contributed by atoms with Gasteiger partial charge in [0.05, 0.1) is 0 Å². The second-order valence-corrected chi connectivity index (χ2v) is 3.84. The van der Waals surface area contributed by atoms with E-state index in [4.69, 9.17) is 11.6 Å². The Morgan fingerprint density at radius 1 is 1.46 bits per heavy atom. The third-order valence-corrected chi connectivity index (χ3v) is 2.21. The van der Waals surface area contributed by atoms with E-state index in [1.807, 2.05) is 19.9 Å². The van der Waals surface area contributed by atoms with E-state index in [9.17, 15) is 0 Å². The molecule has 0 aromatic carbocycles. The van der Waals surface area contributed by atoms with Crippen molar-refractivity contribution in [1.29, 1.82) is 0 Å². The highest BCUT2D eigenvalue weighted by atomic mass is 35.5. The van der Waals surface area contributed by atoms with Gasteiger partial charge in [-0.25, -0.2) is 0 Å². The van der Waals surface area contributed by atoms with Crippen LogP contribution in [-0.2, 0) is 0 Å². The lowest BCUT2D eigenvalue weighted by Crippen LogP contribution is -2.00. The van der Waals surface area contributed by atoms with Crippen LogP contribution < -0.4 is 0 Å². The fourth-order valence-electron chi connectivity index (χ4n) is 1.20. The second kappa shape index (κ2) is 7.14. The maximum atomic E-state index is 5.90. The number of halogens is 1. The number of aliphatic imine (C=N–C) groups is 1. The molecule has 0 saturated carbocycles. The van der Waals surface area contributed by atoms with Gasteiger partial charge >= 0.3 is 0 Å². The Kier molecular flexibility index (Phi) is 6.97. The van der Waals surface area contributed by atoms with E-state index in [0.29, 0.717) is 6.04 Å². The van der Waals surface area contributed by atoms with E-state index >= 15 is 0 Å². The Balaban J connectivity index is 4.15. The summed E-state index contributed by atoms with van der Waals surface area (Å²) in [5.41, 5.74) is 1.04. The molecule has 0 radical (unpaired) electrons. The molecule has 0 aliphatic carbocycles. The van der Waals surface area contributed by atoms with Crippen LogP contribution in [0.15, 0.2) is 16.1 Å². The van der Waals surface area contributed by atoms with E-state index in [1.165, 1.54) is 6.42 Å². The molecule has 0 spiro atoms. The average Bonchev–Trinajstić information content (AvgIpc) is 2.04. The largest absolute Gasteiger partial charge is 0.287 e. The molecule has 0 N–H and O–H groups in total. The Morgan fingerprint density at radius 3 is 2.54 bits per heavy atom. The molecule has 0 aliphatic heterocycles. The van der Waals surface area contributed by atoms with Gasteiger partial charge in [0.25, 0.3) is 0 Å². The number of hydrogen-bond donors (Lipinski definition) is 0. The highest BCUT2D eigenvalue weighted by Crippen LogP contribution is 2.07. The Morgan fingerprint density at radius 2 is 2.08 bits per heavy atom. The Bertz CT molecular complexity index is 194. The lowest BCUT2D eigenvalue weighted by atomic mass is 10.2. The summed E-state index contributed by atoms with van der Waals surface area (Å²) in [5.74, 6) is 0. The van der Waals surface area contributed by atoms with E-state index in [0.717, 1.165) is 23.6 Å². The van der Waals surface area contributed by atoms with Crippen molar-refractivity contribution in [3.63, 3.8) is 0 Å². The summed E-state index contributed by atoms with van der Waals surface area (Å²) in [6, 6.07) is 0.419. The van der Waals surface area contributed by atoms with Gasteiger partial charge < -0.3 is 0 Å². The molecule has 0 aliphatic rings. The smallest absolute Gasteiger partial charge is 0.0474 e. The molecule has 0 fully saturated rings. The van der Waals surface area contributed by atoms with Crippen LogP contribution in [0.4, 0.5) is 0 Å². The monoisotopic (exact) mass is 201 g/mol. The highest BCUT2D eigenvalue weighted by molar-refractivity contribution is 6.31. The van der Waals surface area contributed by atoms with Crippen molar-refractivity contribution in [1.82, 2.24) is 0 Å². The summed E-state index contributed by atoms with van der Waals surface area (Å²) in [4.78, 5) is 4.51. The van der Waals surface area contributed by atoms with Crippen LogP contribution in [0.1, 0.15) is 47.0 Å². The fourth-order valence-corrected chi connectivity index (χ4v) is 1.35. The normalized spacial score (nSPS) is 16.1. The first kappa shape index (κ1) is 12.7. The van der Waals surface area contributed by atoms with Crippen molar-refractivity contribution in [2.75, 3.05) is 0 Å². The zero-order chi connectivity index (χ0) is 10.3. The van der Waals surface area contributed by atoms with Gasteiger partial charge in [-0.05, 0) is 32.8 Å². The van der Waals surface area contributed by atoms with Gasteiger partial charge in [-0.3, -0.25) is 4.99 Å². The molecule has 2 heteroatoms. The molecule has 0 bridgehead atoms. The molecule has 1 nitrogen and oxygen atoms in total. The molecule has 1 atom stereocenters. The van der Waals surface area contributed by atoms with Crippen molar-refractivity contribution in [3.05, 3.63) is 11.1 Å². The van der Waals surface area contributed by atoms with E-state index < -0.39 is 0 Å². The van der Waals surface area contributed by atoms with Gasteiger partial charge in [-0.15, -0.1) is 0 Å². The summed E-state index contributed by atoms with van der Waals surface area (Å²) < 4.78 is 0. The Hall–Kier alpha value is -0.300. The SMILES string of the molecule is CCCC(C)/N=C(C)\C=C(\Cl)CC. The van der Waals surface area contributed by atoms with Crippen molar-refractivity contribution < 1.29 is 0 Å². The first-order chi connectivity index (χ1) is 6.10. The van der Waals surface area contributed by atoms with E-state index in [1.54, 1.807) is 0 Å². The van der Waals surface area contributed by atoms with Gasteiger partial charge in [-0.1, -0.05) is 31.9 Å². The molecular formula is C11H20ClN. The van der Waals surface area contributed by atoms with E-state index in [2.05, 4.69) is 18.8 Å².